The third kappa shape index (κ3) is 6.03. The molecule has 4 heterocycles. The van der Waals surface area contributed by atoms with Gasteiger partial charge in [-0.2, -0.15) is 4.31 Å². The number of hydrogen-bond acceptors (Lipinski definition) is 7. The fourth-order valence-electron chi connectivity index (χ4n) is 6.54. The number of aromatic amines is 1. The molecule has 3 aliphatic rings. The van der Waals surface area contributed by atoms with Crippen LogP contribution in [-0.2, 0) is 21.4 Å². The number of carbonyl (C=O) groups is 2. The molecular weight excluding hydrogens is 548 g/mol. The molecule has 3 aromatic rings. The Labute approximate surface area is 237 Å². The zero-order valence-corrected chi connectivity index (χ0v) is 23.5. The van der Waals surface area contributed by atoms with Crippen LogP contribution in [0.15, 0.2) is 57.7 Å². The van der Waals surface area contributed by atoms with E-state index in [9.17, 15) is 22.8 Å². The van der Waals surface area contributed by atoms with Crippen LogP contribution in [0, 0.1) is 5.92 Å². The molecule has 0 radical (unpaired) electrons. The molecule has 0 unspecified atom stereocenters. The van der Waals surface area contributed by atoms with Crippen LogP contribution in [0.25, 0.3) is 11.1 Å². The number of hydrogen-bond donors (Lipinski definition) is 2. The maximum absolute atomic E-state index is 13.6. The Kier molecular flexibility index (Phi) is 7.60. The SMILES string of the molecule is O=C(N[C@H]1C[C@H]2CC[C@@H](C1)N2S(=O)(=O)CC1CCN(C(=O)OCc2ccccc2)CC1)c1ccc2[nH]c(=O)oc2c1. The number of likely N-dealkylation sites (tertiary alicyclic amines) is 1. The molecule has 3 saturated heterocycles. The first-order valence-corrected chi connectivity index (χ1v) is 15.8. The van der Waals surface area contributed by atoms with Crippen molar-refractivity contribution in [1.29, 1.82) is 0 Å². The van der Waals surface area contributed by atoms with Gasteiger partial charge in [0.1, 0.15) is 6.61 Å². The molecule has 0 aliphatic carbocycles. The molecule has 3 aliphatic heterocycles. The molecule has 0 spiro atoms. The number of amides is 2. The highest BCUT2D eigenvalue weighted by Gasteiger charge is 2.47. The van der Waals surface area contributed by atoms with Crippen molar-refractivity contribution in [2.45, 2.75) is 63.3 Å². The van der Waals surface area contributed by atoms with Crippen molar-refractivity contribution in [1.82, 2.24) is 19.5 Å². The highest BCUT2D eigenvalue weighted by atomic mass is 32.2. The molecule has 3 atom stereocenters. The smallest absolute Gasteiger partial charge is 0.417 e. The minimum absolute atomic E-state index is 0.0154. The number of nitrogens with zero attached hydrogens (tertiary/aromatic N) is 2. The van der Waals surface area contributed by atoms with Gasteiger partial charge in [0.05, 0.1) is 11.3 Å². The van der Waals surface area contributed by atoms with Gasteiger partial charge in [-0.15, -0.1) is 0 Å². The second-order valence-corrected chi connectivity index (χ2v) is 13.3. The number of rotatable bonds is 7. The normalized spacial score (nSPS) is 23.5. The van der Waals surface area contributed by atoms with Crippen LogP contribution in [0.2, 0.25) is 0 Å². The summed E-state index contributed by atoms with van der Waals surface area (Å²) < 4.78 is 39.3. The summed E-state index contributed by atoms with van der Waals surface area (Å²) in [6.07, 6.45) is 3.56. The van der Waals surface area contributed by atoms with Crippen molar-refractivity contribution in [2.75, 3.05) is 18.8 Å². The molecule has 218 valence electrons. The Hall–Kier alpha value is -3.64. The highest BCUT2D eigenvalue weighted by Crippen LogP contribution is 2.39. The molecule has 2 N–H and O–H groups in total. The van der Waals surface area contributed by atoms with E-state index >= 15 is 0 Å². The summed E-state index contributed by atoms with van der Waals surface area (Å²) in [5, 5.41) is 3.06. The number of sulfonamides is 1. The first-order valence-electron chi connectivity index (χ1n) is 14.2. The van der Waals surface area contributed by atoms with Crippen LogP contribution >= 0.6 is 0 Å². The lowest BCUT2D eigenvalue weighted by Gasteiger charge is -2.39. The van der Waals surface area contributed by atoms with E-state index < -0.39 is 15.8 Å². The summed E-state index contributed by atoms with van der Waals surface area (Å²) in [4.78, 5) is 41.0. The molecule has 11 nitrogen and oxygen atoms in total. The molecule has 2 bridgehead atoms. The monoisotopic (exact) mass is 582 g/mol. The average molecular weight is 583 g/mol. The predicted molar refractivity (Wildman–Crippen MR) is 151 cm³/mol. The Bertz CT molecular complexity index is 1560. The first-order chi connectivity index (χ1) is 19.7. The van der Waals surface area contributed by atoms with Crippen LogP contribution < -0.4 is 11.1 Å². The second kappa shape index (κ2) is 11.3. The predicted octanol–water partition coefficient (Wildman–Crippen LogP) is 3.22. The van der Waals surface area contributed by atoms with Gasteiger partial charge in [0, 0.05) is 36.8 Å². The van der Waals surface area contributed by atoms with Crippen LogP contribution in [0.5, 0.6) is 0 Å². The Morgan fingerprint density at radius 2 is 1.71 bits per heavy atom. The summed E-state index contributed by atoms with van der Waals surface area (Å²) in [6, 6.07) is 13.9. The third-order valence-electron chi connectivity index (χ3n) is 8.53. The molecule has 12 heteroatoms. The van der Waals surface area contributed by atoms with E-state index in [2.05, 4.69) is 10.3 Å². The largest absolute Gasteiger partial charge is 0.445 e. The minimum atomic E-state index is -3.49. The van der Waals surface area contributed by atoms with Gasteiger partial charge in [-0.05, 0) is 68.2 Å². The minimum Gasteiger partial charge on any atom is -0.445 e. The number of nitrogens with one attached hydrogen (secondary N) is 2. The van der Waals surface area contributed by atoms with E-state index in [0.717, 1.165) is 18.4 Å². The molecule has 41 heavy (non-hydrogen) atoms. The van der Waals surface area contributed by atoms with Gasteiger partial charge >= 0.3 is 11.8 Å². The van der Waals surface area contributed by atoms with E-state index in [1.165, 1.54) is 6.07 Å². The van der Waals surface area contributed by atoms with Gasteiger partial charge in [0.2, 0.25) is 10.0 Å². The van der Waals surface area contributed by atoms with Gasteiger partial charge in [0.15, 0.2) is 5.58 Å². The van der Waals surface area contributed by atoms with Crippen LogP contribution in [0.4, 0.5) is 4.79 Å². The quantitative estimate of drug-likeness (QED) is 0.436. The number of oxazole rings is 1. The number of ether oxygens (including phenoxy) is 1. The van der Waals surface area contributed by atoms with Gasteiger partial charge in [-0.25, -0.2) is 18.0 Å². The van der Waals surface area contributed by atoms with Crippen LogP contribution in [0.3, 0.4) is 0 Å². The third-order valence-corrected chi connectivity index (χ3v) is 10.7. The molecule has 1 aromatic heterocycles. The first kappa shape index (κ1) is 27.5. The summed E-state index contributed by atoms with van der Waals surface area (Å²) in [5.74, 6) is -0.787. The van der Waals surface area contributed by atoms with Gasteiger partial charge < -0.3 is 19.4 Å². The topological polar surface area (TPSA) is 142 Å². The second-order valence-electron chi connectivity index (χ2n) is 11.3. The lowest BCUT2D eigenvalue weighted by Crippen LogP contribution is -2.53. The van der Waals surface area contributed by atoms with Crippen molar-refractivity contribution in [3.63, 3.8) is 0 Å². The van der Waals surface area contributed by atoms with E-state index in [1.807, 2.05) is 30.3 Å². The molecular formula is C29H34N4O7S. The Balaban J connectivity index is 0.999. The maximum Gasteiger partial charge on any atom is 0.417 e. The number of carbonyl (C=O) groups excluding carboxylic acids is 2. The van der Waals surface area contributed by atoms with Crippen molar-refractivity contribution in [3.8, 4) is 0 Å². The molecule has 0 saturated carbocycles. The lowest BCUT2D eigenvalue weighted by atomic mass is 9.99. The molecule has 2 amide bonds. The summed E-state index contributed by atoms with van der Waals surface area (Å²) in [7, 11) is -3.49. The number of piperidine rings is 2. The van der Waals surface area contributed by atoms with Crippen LogP contribution in [0.1, 0.15) is 54.4 Å². The Morgan fingerprint density at radius 1 is 1.00 bits per heavy atom. The Morgan fingerprint density at radius 3 is 2.41 bits per heavy atom. The lowest BCUT2D eigenvalue weighted by molar-refractivity contribution is 0.0838. The number of H-pyrrole nitrogens is 1. The van der Waals surface area contributed by atoms with Gasteiger partial charge in [-0.1, -0.05) is 30.3 Å². The highest BCUT2D eigenvalue weighted by molar-refractivity contribution is 7.89. The fraction of sp³-hybridized carbons (Fsp3) is 0.483. The molecule has 2 aromatic carbocycles. The maximum atomic E-state index is 13.6. The average Bonchev–Trinajstić information content (AvgIpc) is 3.48. The standard InChI is InChI=1S/C29H34N4O7S/c34-27(21-6-9-25-26(14-21)40-28(35)31-25)30-22-15-23-7-8-24(16-22)33(23)41(37,38)18-20-10-12-32(13-11-20)29(36)39-17-19-4-2-1-3-5-19/h1-6,9,14,20,22-24H,7-8,10-13,15-18H2,(H,30,34)(H,31,35)/t22-,23+,24-. The van der Waals surface area contributed by atoms with E-state index in [0.29, 0.717) is 55.4 Å². The fourth-order valence-corrected chi connectivity index (χ4v) is 8.93. The van der Waals surface area contributed by atoms with Crippen molar-refractivity contribution >= 4 is 33.1 Å². The zero-order valence-electron chi connectivity index (χ0n) is 22.7. The summed E-state index contributed by atoms with van der Waals surface area (Å²) >= 11 is 0. The number of benzene rings is 2. The molecule has 3 fully saturated rings. The van der Waals surface area contributed by atoms with E-state index in [1.54, 1.807) is 21.3 Å². The van der Waals surface area contributed by atoms with Crippen molar-refractivity contribution in [3.05, 3.63) is 70.2 Å². The van der Waals surface area contributed by atoms with E-state index in [-0.39, 0.29) is 48.4 Å². The van der Waals surface area contributed by atoms with Crippen LogP contribution in [-0.4, -0.2) is 71.6 Å². The number of fused-ring (bicyclic) bond motifs is 3. The summed E-state index contributed by atoms with van der Waals surface area (Å²) in [5.41, 5.74) is 2.15. The van der Waals surface area contributed by atoms with Crippen molar-refractivity contribution in [2.24, 2.45) is 5.92 Å². The zero-order chi connectivity index (χ0) is 28.6. The summed E-state index contributed by atoms with van der Waals surface area (Å²) in [6.45, 7) is 1.17. The molecule has 6 rings (SSSR count). The van der Waals surface area contributed by atoms with E-state index in [4.69, 9.17) is 9.15 Å². The van der Waals surface area contributed by atoms with Gasteiger partial charge in [-0.3, -0.25) is 9.78 Å². The van der Waals surface area contributed by atoms with Crippen molar-refractivity contribution < 1.29 is 27.2 Å². The van der Waals surface area contributed by atoms with Gasteiger partial charge in [0.25, 0.3) is 5.91 Å². The number of aromatic nitrogens is 1.